The highest BCUT2D eigenvalue weighted by atomic mass is 35.5. The van der Waals surface area contributed by atoms with Crippen LogP contribution in [0.2, 0.25) is 5.02 Å². The van der Waals surface area contributed by atoms with Crippen molar-refractivity contribution in [3.63, 3.8) is 0 Å². The van der Waals surface area contributed by atoms with Gasteiger partial charge < -0.3 is 19.9 Å². The Bertz CT molecular complexity index is 1260. The van der Waals surface area contributed by atoms with Crippen molar-refractivity contribution in [1.29, 1.82) is 0 Å². The summed E-state index contributed by atoms with van der Waals surface area (Å²) in [6.07, 6.45) is 1.89. The second kappa shape index (κ2) is 8.84. The second-order valence-corrected chi connectivity index (χ2v) is 8.73. The van der Waals surface area contributed by atoms with Crippen molar-refractivity contribution in [2.24, 2.45) is 0 Å². The minimum absolute atomic E-state index is 0.143. The number of morpholine rings is 1. The van der Waals surface area contributed by atoms with E-state index in [1.165, 1.54) is 0 Å². The van der Waals surface area contributed by atoms with Crippen molar-refractivity contribution in [3.05, 3.63) is 71.4 Å². The van der Waals surface area contributed by atoms with Crippen LogP contribution in [0.15, 0.2) is 60.8 Å². The molecule has 1 amide bonds. The number of carbonyl (C=O) groups excluding carboxylic acids is 1. The molecule has 2 atom stereocenters. The average Bonchev–Trinajstić information content (AvgIpc) is 3.24. The minimum Gasteiger partial charge on any atom is -0.372 e. The van der Waals surface area contributed by atoms with Crippen LogP contribution in [0.1, 0.15) is 24.2 Å². The number of ether oxygens (including phenoxy) is 1. The highest BCUT2D eigenvalue weighted by molar-refractivity contribution is 6.33. The Balaban J connectivity index is 1.33. The fourth-order valence-corrected chi connectivity index (χ4v) is 4.35. The van der Waals surface area contributed by atoms with E-state index in [-0.39, 0.29) is 18.1 Å². The van der Waals surface area contributed by atoms with Gasteiger partial charge in [-0.05, 0) is 56.3 Å². The van der Waals surface area contributed by atoms with Crippen LogP contribution in [0.4, 0.5) is 11.5 Å². The molecule has 1 saturated heterocycles. The van der Waals surface area contributed by atoms with E-state index in [2.05, 4.69) is 39.0 Å². The molecule has 0 radical (unpaired) electrons. The Hall–Kier alpha value is -3.42. The maximum atomic E-state index is 12.8. The highest BCUT2D eigenvalue weighted by Crippen LogP contribution is 2.30. The molecule has 2 aromatic heterocycles. The van der Waals surface area contributed by atoms with E-state index in [1.807, 2.05) is 36.4 Å². The Morgan fingerprint density at radius 1 is 1.12 bits per heavy atom. The van der Waals surface area contributed by atoms with Crippen LogP contribution in [0.5, 0.6) is 0 Å². The van der Waals surface area contributed by atoms with Gasteiger partial charge in [0.1, 0.15) is 11.6 Å². The van der Waals surface area contributed by atoms with Crippen LogP contribution in [0, 0.1) is 0 Å². The Morgan fingerprint density at radius 3 is 2.64 bits per heavy atom. The summed E-state index contributed by atoms with van der Waals surface area (Å²) >= 11 is 6.43. The number of aromatic amines is 1. The number of hydrogen-bond acceptors (Lipinski definition) is 5. The van der Waals surface area contributed by atoms with Gasteiger partial charge in [-0.3, -0.25) is 4.79 Å². The first-order valence-corrected chi connectivity index (χ1v) is 11.3. The van der Waals surface area contributed by atoms with Crippen LogP contribution in [0.3, 0.4) is 0 Å². The van der Waals surface area contributed by atoms with Crippen molar-refractivity contribution in [2.45, 2.75) is 26.1 Å². The van der Waals surface area contributed by atoms with Crippen LogP contribution >= 0.6 is 11.6 Å². The smallest absolute Gasteiger partial charge is 0.257 e. The third kappa shape index (κ3) is 4.55. The van der Waals surface area contributed by atoms with Crippen molar-refractivity contribution >= 4 is 40.0 Å². The first kappa shape index (κ1) is 21.4. The molecule has 0 spiro atoms. The number of pyridine rings is 1. The fourth-order valence-electron chi connectivity index (χ4n) is 4.14. The van der Waals surface area contributed by atoms with E-state index < -0.39 is 0 Å². The van der Waals surface area contributed by atoms with Crippen LogP contribution in [-0.4, -0.2) is 46.2 Å². The summed E-state index contributed by atoms with van der Waals surface area (Å²) in [4.78, 5) is 27.4. The molecule has 4 aromatic rings. The monoisotopic (exact) mass is 461 g/mol. The molecule has 5 rings (SSSR count). The standard InChI is InChI=1S/C25H24ClN5O2/c1-15-13-31(14-16(2)33-15)23-10-7-17(12-27-23)25(32)28-18-8-9-20(26)19(11-18)24-29-21-5-3-4-6-22(21)30-24/h3-12,15-16H,13-14H2,1-2H3,(H,28,32)(H,29,30)/t15-,16+. The third-order valence-electron chi connectivity index (χ3n) is 5.62. The highest BCUT2D eigenvalue weighted by Gasteiger charge is 2.23. The summed E-state index contributed by atoms with van der Waals surface area (Å²) in [5, 5.41) is 3.48. The van der Waals surface area contributed by atoms with E-state index in [9.17, 15) is 4.79 Å². The van der Waals surface area contributed by atoms with E-state index in [4.69, 9.17) is 16.3 Å². The molecule has 0 aliphatic carbocycles. The molecule has 0 saturated carbocycles. The van der Waals surface area contributed by atoms with Crippen LogP contribution < -0.4 is 10.2 Å². The van der Waals surface area contributed by atoms with Gasteiger partial charge in [0, 0.05) is 30.5 Å². The van der Waals surface area contributed by atoms with E-state index in [0.29, 0.717) is 22.1 Å². The van der Waals surface area contributed by atoms with E-state index in [0.717, 1.165) is 35.5 Å². The lowest BCUT2D eigenvalue weighted by Gasteiger charge is -2.36. The fraction of sp³-hybridized carbons (Fsp3) is 0.240. The molecule has 2 N–H and O–H groups in total. The zero-order valence-electron chi connectivity index (χ0n) is 18.4. The zero-order chi connectivity index (χ0) is 22.9. The number of halogens is 1. The first-order chi connectivity index (χ1) is 16.0. The molecule has 3 heterocycles. The van der Waals surface area contributed by atoms with Gasteiger partial charge in [0.05, 0.1) is 33.8 Å². The maximum absolute atomic E-state index is 12.8. The number of hydrogen-bond donors (Lipinski definition) is 2. The molecular formula is C25H24ClN5O2. The van der Waals surface area contributed by atoms with Gasteiger partial charge in [-0.2, -0.15) is 0 Å². The number of anilines is 2. The summed E-state index contributed by atoms with van der Waals surface area (Å²) in [5.74, 6) is 1.25. The number of para-hydroxylation sites is 2. The SMILES string of the molecule is C[C@@H]1CN(c2ccc(C(=O)Nc3ccc(Cl)c(-c4nc5ccccc5[nH]4)c3)cn2)C[C@H](C)O1. The number of benzene rings is 2. The van der Waals surface area contributed by atoms with E-state index in [1.54, 1.807) is 24.4 Å². The molecule has 1 aliphatic rings. The van der Waals surface area contributed by atoms with Gasteiger partial charge in [0.15, 0.2) is 0 Å². The number of nitrogens with one attached hydrogen (secondary N) is 2. The largest absolute Gasteiger partial charge is 0.372 e. The number of H-pyrrole nitrogens is 1. The van der Waals surface area contributed by atoms with Gasteiger partial charge >= 0.3 is 0 Å². The van der Waals surface area contributed by atoms with Gasteiger partial charge in [-0.1, -0.05) is 23.7 Å². The Kier molecular flexibility index (Phi) is 5.74. The van der Waals surface area contributed by atoms with Crippen molar-refractivity contribution in [2.75, 3.05) is 23.3 Å². The summed E-state index contributed by atoms with van der Waals surface area (Å²) in [6.45, 7) is 5.66. The number of rotatable bonds is 4. The molecule has 0 unspecified atom stereocenters. The molecule has 8 heteroatoms. The molecule has 33 heavy (non-hydrogen) atoms. The van der Waals surface area contributed by atoms with Gasteiger partial charge in [0.25, 0.3) is 5.91 Å². The number of carbonyl (C=O) groups is 1. The summed E-state index contributed by atoms with van der Waals surface area (Å²) in [6, 6.07) is 16.8. The summed E-state index contributed by atoms with van der Waals surface area (Å²) in [5.41, 5.74) is 3.60. The Morgan fingerprint density at radius 2 is 1.91 bits per heavy atom. The number of nitrogens with zero attached hydrogens (tertiary/aromatic N) is 3. The lowest BCUT2D eigenvalue weighted by Crippen LogP contribution is -2.45. The number of imidazole rings is 1. The van der Waals surface area contributed by atoms with Crippen molar-refractivity contribution in [3.8, 4) is 11.4 Å². The minimum atomic E-state index is -0.240. The zero-order valence-corrected chi connectivity index (χ0v) is 19.1. The lowest BCUT2D eigenvalue weighted by molar-refractivity contribution is -0.00546. The predicted molar refractivity (Wildman–Crippen MR) is 131 cm³/mol. The molecule has 2 aromatic carbocycles. The second-order valence-electron chi connectivity index (χ2n) is 8.32. The van der Waals surface area contributed by atoms with Crippen LogP contribution in [0.25, 0.3) is 22.4 Å². The number of fused-ring (bicyclic) bond motifs is 1. The quantitative estimate of drug-likeness (QED) is 0.439. The van der Waals surface area contributed by atoms with Crippen molar-refractivity contribution < 1.29 is 9.53 Å². The topological polar surface area (TPSA) is 83.1 Å². The average molecular weight is 462 g/mol. The molecule has 0 bridgehead atoms. The van der Waals surface area contributed by atoms with E-state index >= 15 is 0 Å². The van der Waals surface area contributed by atoms with Crippen molar-refractivity contribution in [1.82, 2.24) is 15.0 Å². The molecular weight excluding hydrogens is 438 g/mol. The summed E-state index contributed by atoms with van der Waals surface area (Å²) < 4.78 is 5.78. The van der Waals surface area contributed by atoms with Gasteiger partial charge in [0.2, 0.25) is 0 Å². The molecule has 7 nitrogen and oxygen atoms in total. The normalized spacial score (nSPS) is 18.5. The third-order valence-corrected chi connectivity index (χ3v) is 5.95. The predicted octanol–water partition coefficient (Wildman–Crippen LogP) is 5.14. The molecule has 1 fully saturated rings. The number of amides is 1. The first-order valence-electron chi connectivity index (χ1n) is 10.9. The maximum Gasteiger partial charge on any atom is 0.257 e. The molecule has 1 aliphatic heterocycles. The molecule has 168 valence electrons. The van der Waals surface area contributed by atoms with Gasteiger partial charge in [-0.25, -0.2) is 9.97 Å². The van der Waals surface area contributed by atoms with Gasteiger partial charge in [-0.15, -0.1) is 0 Å². The lowest BCUT2D eigenvalue weighted by atomic mass is 10.1. The van der Waals surface area contributed by atoms with Crippen LogP contribution in [-0.2, 0) is 4.74 Å². The summed E-state index contributed by atoms with van der Waals surface area (Å²) in [7, 11) is 0. The number of aromatic nitrogens is 3. The Labute approximate surface area is 196 Å².